The van der Waals surface area contributed by atoms with Crippen molar-refractivity contribution < 1.29 is 18.7 Å². The van der Waals surface area contributed by atoms with Crippen LogP contribution in [-0.2, 0) is 0 Å². The Morgan fingerprint density at radius 1 is 0.973 bits per heavy atom. The number of carbonyl (C=O) groups is 1. The van der Waals surface area contributed by atoms with E-state index in [1.165, 1.54) is 20.3 Å². The summed E-state index contributed by atoms with van der Waals surface area (Å²) in [5.74, 6) is 0.792. The highest BCUT2D eigenvalue weighted by Crippen LogP contribution is 2.37. The molecule has 1 aliphatic heterocycles. The van der Waals surface area contributed by atoms with Crippen LogP contribution < -0.4 is 9.47 Å². The Labute approximate surface area is 214 Å². The van der Waals surface area contributed by atoms with Crippen molar-refractivity contribution in [3.05, 3.63) is 90.3 Å². The number of methoxy groups -OCH3 is 2. The van der Waals surface area contributed by atoms with Crippen molar-refractivity contribution in [1.29, 1.82) is 0 Å². The zero-order chi connectivity index (χ0) is 25.8. The van der Waals surface area contributed by atoms with E-state index in [-0.39, 0.29) is 17.6 Å². The van der Waals surface area contributed by atoms with Gasteiger partial charge in [-0.25, -0.2) is 14.4 Å². The van der Waals surface area contributed by atoms with E-state index in [0.717, 1.165) is 18.4 Å². The number of carbonyl (C=O) groups excluding carboxylic acids is 1. The number of piperidine rings is 1. The monoisotopic (exact) mass is 498 g/mol. The Hall–Kier alpha value is -4.33. The minimum atomic E-state index is -0.344. The Kier molecular flexibility index (Phi) is 7.07. The molecule has 0 aliphatic carbocycles. The Bertz CT molecular complexity index is 1390. The van der Waals surface area contributed by atoms with Crippen molar-refractivity contribution in [1.82, 2.24) is 19.9 Å². The molecule has 188 valence electrons. The number of nitrogens with zero attached hydrogens (tertiary/aromatic N) is 4. The summed E-state index contributed by atoms with van der Waals surface area (Å²) in [5.41, 5.74) is 2.93. The summed E-state index contributed by atoms with van der Waals surface area (Å²) >= 11 is 0. The van der Waals surface area contributed by atoms with Crippen LogP contribution >= 0.6 is 0 Å². The molecule has 1 unspecified atom stereocenters. The maximum absolute atomic E-state index is 14.9. The van der Waals surface area contributed by atoms with Gasteiger partial charge in [-0.1, -0.05) is 24.3 Å². The molecule has 1 saturated heterocycles. The normalized spacial score (nSPS) is 15.3. The van der Waals surface area contributed by atoms with Gasteiger partial charge in [0.1, 0.15) is 22.9 Å². The number of rotatable bonds is 6. The molecule has 37 heavy (non-hydrogen) atoms. The number of halogens is 1. The number of aromatic nitrogens is 3. The second kappa shape index (κ2) is 10.7. The van der Waals surface area contributed by atoms with Crippen LogP contribution in [0.5, 0.6) is 11.5 Å². The average Bonchev–Trinajstić information content (AvgIpc) is 2.97. The first kappa shape index (κ1) is 24.4. The van der Waals surface area contributed by atoms with Crippen LogP contribution in [0, 0.1) is 5.82 Å². The van der Waals surface area contributed by atoms with Crippen LogP contribution in [0.2, 0.25) is 0 Å². The lowest BCUT2D eigenvalue weighted by Crippen LogP contribution is -2.39. The molecule has 4 aromatic rings. The minimum Gasteiger partial charge on any atom is -0.496 e. The van der Waals surface area contributed by atoms with E-state index in [2.05, 4.69) is 9.97 Å². The largest absolute Gasteiger partial charge is 0.496 e. The predicted octanol–water partition coefficient (Wildman–Crippen LogP) is 5.38. The number of pyridine rings is 1. The lowest BCUT2D eigenvalue weighted by Gasteiger charge is -2.34. The molecule has 0 saturated carbocycles. The predicted molar refractivity (Wildman–Crippen MR) is 138 cm³/mol. The van der Waals surface area contributed by atoms with Gasteiger partial charge in [-0.3, -0.25) is 9.78 Å². The highest BCUT2D eigenvalue weighted by Gasteiger charge is 2.31. The second-order valence-corrected chi connectivity index (χ2v) is 8.84. The molecule has 7 nitrogen and oxygen atoms in total. The number of hydrogen-bond acceptors (Lipinski definition) is 6. The second-order valence-electron chi connectivity index (χ2n) is 8.84. The molecule has 0 radical (unpaired) electrons. The van der Waals surface area contributed by atoms with Crippen LogP contribution in [0.3, 0.4) is 0 Å². The van der Waals surface area contributed by atoms with Crippen LogP contribution in [0.1, 0.15) is 34.8 Å². The van der Waals surface area contributed by atoms with Crippen LogP contribution in [0.25, 0.3) is 22.5 Å². The van der Waals surface area contributed by atoms with E-state index in [1.807, 2.05) is 12.1 Å². The first-order valence-electron chi connectivity index (χ1n) is 12.1. The number of likely N-dealkylation sites (tertiary alicyclic amines) is 1. The van der Waals surface area contributed by atoms with Crippen LogP contribution in [0.4, 0.5) is 4.39 Å². The Morgan fingerprint density at radius 2 is 1.76 bits per heavy atom. The van der Waals surface area contributed by atoms with Gasteiger partial charge >= 0.3 is 0 Å². The van der Waals surface area contributed by atoms with Crippen molar-refractivity contribution in [2.24, 2.45) is 0 Å². The van der Waals surface area contributed by atoms with E-state index >= 15 is 0 Å². The summed E-state index contributed by atoms with van der Waals surface area (Å²) in [7, 11) is 3.07. The van der Waals surface area contributed by atoms with Gasteiger partial charge in [0.2, 0.25) is 0 Å². The molecule has 3 heterocycles. The summed E-state index contributed by atoms with van der Waals surface area (Å²) in [4.78, 5) is 29.1. The van der Waals surface area contributed by atoms with E-state index in [4.69, 9.17) is 14.5 Å². The summed E-state index contributed by atoms with van der Waals surface area (Å²) in [6.07, 6.45) is 6.64. The van der Waals surface area contributed by atoms with Gasteiger partial charge in [-0.05, 0) is 43.2 Å². The van der Waals surface area contributed by atoms with Crippen LogP contribution in [-0.4, -0.2) is 53.1 Å². The van der Waals surface area contributed by atoms with Gasteiger partial charge < -0.3 is 14.4 Å². The maximum Gasteiger partial charge on any atom is 0.261 e. The molecule has 2 aromatic carbocycles. The summed E-state index contributed by atoms with van der Waals surface area (Å²) in [5, 5.41) is 0. The molecule has 1 atom stereocenters. The maximum atomic E-state index is 14.9. The lowest BCUT2D eigenvalue weighted by atomic mass is 9.89. The fourth-order valence-electron chi connectivity index (χ4n) is 4.83. The first-order valence-corrected chi connectivity index (χ1v) is 12.1. The highest BCUT2D eigenvalue weighted by atomic mass is 19.1. The summed E-state index contributed by atoms with van der Waals surface area (Å²) in [6.45, 7) is 1.01. The molecule has 0 N–H and O–H groups in total. The van der Waals surface area contributed by atoms with Crippen molar-refractivity contribution in [3.8, 4) is 34.0 Å². The third kappa shape index (κ3) is 4.87. The average molecular weight is 499 g/mol. The summed E-state index contributed by atoms with van der Waals surface area (Å²) in [6, 6.07) is 15.6. The van der Waals surface area contributed by atoms with Crippen molar-refractivity contribution in [2.45, 2.75) is 18.8 Å². The van der Waals surface area contributed by atoms with E-state index in [1.54, 1.807) is 59.9 Å². The standard InChI is InChI=1S/C29H27FN4O3/c1-36-24-12-5-13-25(37-2)26(24)29(35)34-15-7-9-20(18-34)27-22(21-10-3-4-11-23(21)30)17-32-28(33-27)19-8-6-14-31-16-19/h3-6,8,10-14,16-17,20H,7,9,15,18H2,1-2H3. The molecule has 0 bridgehead atoms. The zero-order valence-corrected chi connectivity index (χ0v) is 20.7. The smallest absolute Gasteiger partial charge is 0.261 e. The van der Waals surface area contributed by atoms with Crippen LogP contribution in [0.15, 0.2) is 73.2 Å². The molecular formula is C29H27FN4O3. The number of ether oxygens (including phenoxy) is 2. The fourth-order valence-corrected chi connectivity index (χ4v) is 4.83. The molecule has 0 spiro atoms. The van der Waals surface area contributed by atoms with Gasteiger partial charge in [0, 0.05) is 54.3 Å². The number of hydrogen-bond donors (Lipinski definition) is 0. The SMILES string of the molecule is COc1cccc(OC)c1C(=O)N1CCCC(c2nc(-c3cccnc3)ncc2-c2ccccc2F)C1. The molecular weight excluding hydrogens is 471 g/mol. The fraction of sp³-hybridized carbons (Fsp3) is 0.241. The molecule has 5 rings (SSSR count). The highest BCUT2D eigenvalue weighted by molar-refractivity contribution is 5.99. The summed E-state index contributed by atoms with van der Waals surface area (Å²) < 4.78 is 25.8. The molecule has 1 amide bonds. The molecule has 1 aliphatic rings. The third-order valence-corrected chi connectivity index (χ3v) is 6.64. The quantitative estimate of drug-likeness (QED) is 0.355. The van der Waals surface area contributed by atoms with Gasteiger partial charge in [-0.2, -0.15) is 0 Å². The Balaban J connectivity index is 1.55. The third-order valence-electron chi connectivity index (χ3n) is 6.64. The topological polar surface area (TPSA) is 77.4 Å². The van der Waals surface area contributed by atoms with E-state index < -0.39 is 0 Å². The van der Waals surface area contributed by atoms with E-state index in [0.29, 0.717) is 52.8 Å². The van der Waals surface area contributed by atoms with Gasteiger partial charge in [0.25, 0.3) is 5.91 Å². The van der Waals surface area contributed by atoms with E-state index in [9.17, 15) is 9.18 Å². The van der Waals surface area contributed by atoms with Gasteiger partial charge in [0.05, 0.1) is 19.9 Å². The molecule has 2 aromatic heterocycles. The molecule has 1 fully saturated rings. The number of benzene rings is 2. The minimum absolute atomic E-state index is 0.119. The molecule has 8 heteroatoms. The first-order chi connectivity index (χ1) is 18.1. The number of amides is 1. The zero-order valence-electron chi connectivity index (χ0n) is 20.7. The van der Waals surface area contributed by atoms with Crippen molar-refractivity contribution in [3.63, 3.8) is 0 Å². The lowest BCUT2D eigenvalue weighted by molar-refractivity contribution is 0.0699. The van der Waals surface area contributed by atoms with Gasteiger partial charge in [-0.15, -0.1) is 0 Å². The van der Waals surface area contributed by atoms with Crippen molar-refractivity contribution in [2.75, 3.05) is 27.3 Å². The van der Waals surface area contributed by atoms with Gasteiger partial charge in [0.15, 0.2) is 5.82 Å². The Morgan fingerprint density at radius 3 is 2.46 bits per heavy atom. The van der Waals surface area contributed by atoms with Crippen molar-refractivity contribution >= 4 is 5.91 Å².